The van der Waals surface area contributed by atoms with Crippen LogP contribution in [0.1, 0.15) is 35.3 Å². The summed E-state index contributed by atoms with van der Waals surface area (Å²) in [7, 11) is 1.51. The lowest BCUT2D eigenvalue weighted by Crippen LogP contribution is -2.40. The molecular formula is C23H21F3N6O2. The molecule has 5 rings (SSSR count). The lowest BCUT2D eigenvalue weighted by molar-refractivity contribution is -0.141. The van der Waals surface area contributed by atoms with Gasteiger partial charge in [-0.3, -0.25) is 4.79 Å². The van der Waals surface area contributed by atoms with E-state index in [9.17, 15) is 18.0 Å². The smallest absolute Gasteiger partial charge is 0.434 e. The first-order valence-corrected chi connectivity index (χ1v) is 10.8. The molecule has 1 N–H and O–H groups in total. The van der Waals surface area contributed by atoms with E-state index >= 15 is 0 Å². The highest BCUT2D eigenvalue weighted by Crippen LogP contribution is 2.42. The number of nitrogens with one attached hydrogen (secondary N) is 1. The van der Waals surface area contributed by atoms with E-state index in [0.717, 1.165) is 19.0 Å². The van der Waals surface area contributed by atoms with Crippen LogP contribution in [0.3, 0.4) is 0 Å². The van der Waals surface area contributed by atoms with E-state index in [1.165, 1.54) is 7.11 Å². The number of aromatic nitrogens is 4. The van der Waals surface area contributed by atoms with Crippen LogP contribution in [-0.4, -0.2) is 56.0 Å². The van der Waals surface area contributed by atoms with Crippen molar-refractivity contribution in [3.8, 4) is 17.1 Å². The van der Waals surface area contributed by atoms with Crippen molar-refractivity contribution in [2.45, 2.75) is 43.6 Å². The molecule has 176 valence electrons. The Morgan fingerprint density at radius 2 is 1.88 bits per heavy atom. The summed E-state index contributed by atoms with van der Waals surface area (Å²) in [6, 6.07) is 6.70. The zero-order valence-electron chi connectivity index (χ0n) is 18.2. The zero-order valence-corrected chi connectivity index (χ0v) is 18.2. The number of fused-ring (bicyclic) bond motifs is 2. The minimum atomic E-state index is -4.55. The fraction of sp³-hybridized carbons (Fsp3) is 0.348. The van der Waals surface area contributed by atoms with Gasteiger partial charge in [0, 0.05) is 24.0 Å². The van der Waals surface area contributed by atoms with Crippen LogP contribution in [0.5, 0.6) is 5.75 Å². The highest BCUT2D eigenvalue weighted by Gasteiger charge is 2.49. The number of rotatable bonds is 5. The Balaban J connectivity index is 1.41. The van der Waals surface area contributed by atoms with E-state index in [1.807, 2.05) is 4.90 Å². The molecule has 1 amide bonds. The van der Waals surface area contributed by atoms with Gasteiger partial charge in [-0.25, -0.2) is 19.9 Å². The molecule has 2 saturated heterocycles. The van der Waals surface area contributed by atoms with Gasteiger partial charge in [0.15, 0.2) is 11.5 Å². The van der Waals surface area contributed by atoms with E-state index in [4.69, 9.17) is 4.74 Å². The van der Waals surface area contributed by atoms with Gasteiger partial charge in [0.05, 0.1) is 37.2 Å². The molecule has 2 aromatic heterocycles. The normalized spacial score (nSPS) is 21.5. The van der Waals surface area contributed by atoms with Crippen LogP contribution >= 0.6 is 0 Å². The molecule has 11 heteroatoms. The summed E-state index contributed by atoms with van der Waals surface area (Å²) < 4.78 is 43.8. The van der Waals surface area contributed by atoms with Crippen LogP contribution in [0, 0.1) is 0 Å². The second-order valence-electron chi connectivity index (χ2n) is 8.24. The van der Waals surface area contributed by atoms with Gasteiger partial charge in [-0.1, -0.05) is 12.1 Å². The number of nitrogens with zero attached hydrogens (tertiary/aromatic N) is 5. The number of hydrogen-bond acceptors (Lipinski definition) is 7. The van der Waals surface area contributed by atoms with Gasteiger partial charge in [0.1, 0.15) is 11.6 Å². The van der Waals surface area contributed by atoms with Crippen molar-refractivity contribution in [2.24, 2.45) is 0 Å². The van der Waals surface area contributed by atoms with E-state index in [2.05, 4.69) is 25.3 Å². The Morgan fingerprint density at radius 3 is 2.56 bits per heavy atom. The molecule has 2 aliphatic rings. The van der Waals surface area contributed by atoms with Crippen molar-refractivity contribution < 1.29 is 22.7 Å². The number of amides is 1. The summed E-state index contributed by atoms with van der Waals surface area (Å²) in [5.74, 6) is 0.911. The molecule has 34 heavy (non-hydrogen) atoms. The quantitative estimate of drug-likeness (QED) is 0.606. The van der Waals surface area contributed by atoms with E-state index in [-0.39, 0.29) is 29.9 Å². The maximum Gasteiger partial charge on any atom is 0.434 e. The minimum Gasteiger partial charge on any atom is -0.496 e. The van der Waals surface area contributed by atoms with E-state index in [1.54, 1.807) is 36.7 Å². The molecule has 4 heterocycles. The number of halogens is 3. The van der Waals surface area contributed by atoms with Gasteiger partial charge in [-0.15, -0.1) is 0 Å². The standard InChI is InChI=1S/C23H21F3N6O2/c1-34-17-5-2-4-14(21-27-8-3-9-28-21)20(17)22(33)32-13-6-7-16(32)15(10-13)31-19-12-29-18(11-30-19)23(24,25)26/h2-5,8-9,11-13,15-16H,6-7,10H2,1H3,(H,30,31)/t13-,15-,16+/m1/s1. The van der Waals surface area contributed by atoms with Crippen LogP contribution in [0.25, 0.3) is 11.4 Å². The molecule has 1 aromatic carbocycles. The first-order valence-electron chi connectivity index (χ1n) is 10.8. The SMILES string of the molecule is COc1cccc(-c2ncccn2)c1C(=O)N1[C@@H]2CC[C@H]1[C@H](Nc1cnc(C(F)(F)F)cn1)C2. The Morgan fingerprint density at radius 1 is 1.09 bits per heavy atom. The summed E-state index contributed by atoms with van der Waals surface area (Å²) in [6.07, 6.45) is 2.74. The Bertz CT molecular complexity index is 1190. The van der Waals surface area contributed by atoms with Crippen LogP contribution in [-0.2, 0) is 6.18 Å². The van der Waals surface area contributed by atoms with Crippen LogP contribution in [0.15, 0.2) is 49.1 Å². The highest BCUT2D eigenvalue weighted by molar-refractivity contribution is 6.03. The van der Waals surface area contributed by atoms with Gasteiger partial charge in [-0.2, -0.15) is 13.2 Å². The molecule has 0 spiro atoms. The molecule has 2 bridgehead atoms. The van der Waals surface area contributed by atoms with Crippen LogP contribution in [0.4, 0.5) is 19.0 Å². The van der Waals surface area contributed by atoms with E-state index in [0.29, 0.717) is 35.3 Å². The molecular weight excluding hydrogens is 449 g/mol. The fourth-order valence-electron chi connectivity index (χ4n) is 4.87. The lowest BCUT2D eigenvalue weighted by atomic mass is 9.95. The van der Waals surface area contributed by atoms with E-state index < -0.39 is 11.9 Å². The number of methoxy groups -OCH3 is 1. The van der Waals surface area contributed by atoms with Crippen molar-refractivity contribution in [1.29, 1.82) is 0 Å². The molecule has 0 saturated carbocycles. The van der Waals surface area contributed by atoms with Gasteiger partial charge >= 0.3 is 6.18 Å². The van der Waals surface area contributed by atoms with Gasteiger partial charge in [-0.05, 0) is 31.4 Å². The second-order valence-corrected chi connectivity index (χ2v) is 8.24. The maximum atomic E-state index is 13.8. The molecule has 2 aliphatic heterocycles. The van der Waals surface area contributed by atoms with Crippen molar-refractivity contribution >= 4 is 11.7 Å². The minimum absolute atomic E-state index is 0.00754. The molecule has 0 aliphatic carbocycles. The molecule has 0 radical (unpaired) electrons. The average Bonchev–Trinajstić information content (AvgIpc) is 3.41. The van der Waals surface area contributed by atoms with Crippen LogP contribution in [0.2, 0.25) is 0 Å². The van der Waals surface area contributed by atoms with Gasteiger partial charge in [0.25, 0.3) is 5.91 Å². The summed E-state index contributed by atoms with van der Waals surface area (Å²) in [5.41, 5.74) is -0.0768. The predicted molar refractivity (Wildman–Crippen MR) is 116 cm³/mol. The summed E-state index contributed by atoms with van der Waals surface area (Å²) >= 11 is 0. The highest BCUT2D eigenvalue weighted by atomic mass is 19.4. The van der Waals surface area contributed by atoms with Crippen molar-refractivity contribution in [3.63, 3.8) is 0 Å². The monoisotopic (exact) mass is 470 g/mol. The number of ether oxygens (including phenoxy) is 1. The van der Waals surface area contributed by atoms with Gasteiger partial charge < -0.3 is 15.0 Å². The lowest BCUT2D eigenvalue weighted by Gasteiger charge is -2.26. The zero-order chi connectivity index (χ0) is 23.9. The Kier molecular flexibility index (Phi) is 5.54. The van der Waals surface area contributed by atoms with Gasteiger partial charge in [0.2, 0.25) is 0 Å². The molecule has 0 unspecified atom stereocenters. The Labute approximate surface area is 193 Å². The number of carbonyl (C=O) groups is 1. The Hall–Kier alpha value is -3.76. The molecule has 2 fully saturated rings. The van der Waals surface area contributed by atoms with Crippen molar-refractivity contribution in [1.82, 2.24) is 24.8 Å². The summed E-state index contributed by atoms with van der Waals surface area (Å²) in [4.78, 5) is 31.6. The third kappa shape index (κ3) is 3.91. The largest absolute Gasteiger partial charge is 0.496 e. The van der Waals surface area contributed by atoms with Crippen LogP contribution < -0.4 is 10.1 Å². The maximum absolute atomic E-state index is 13.8. The fourth-order valence-corrected chi connectivity index (χ4v) is 4.87. The van der Waals surface area contributed by atoms with Crippen molar-refractivity contribution in [2.75, 3.05) is 12.4 Å². The summed E-state index contributed by atoms with van der Waals surface area (Å²) in [6.45, 7) is 0. The number of benzene rings is 1. The van der Waals surface area contributed by atoms with Crippen molar-refractivity contribution in [3.05, 3.63) is 60.3 Å². The predicted octanol–water partition coefficient (Wildman–Crippen LogP) is 3.82. The third-order valence-corrected chi connectivity index (χ3v) is 6.31. The number of carbonyl (C=O) groups excluding carboxylic acids is 1. The molecule has 3 atom stereocenters. The topological polar surface area (TPSA) is 93.1 Å². The third-order valence-electron chi connectivity index (χ3n) is 6.31. The number of alkyl halides is 3. The first-order chi connectivity index (χ1) is 16.4. The molecule has 3 aromatic rings. The molecule has 8 nitrogen and oxygen atoms in total. The number of anilines is 1. The average molecular weight is 470 g/mol. The summed E-state index contributed by atoms with van der Waals surface area (Å²) in [5, 5.41) is 3.17. The number of hydrogen-bond donors (Lipinski definition) is 1. The first kappa shape index (κ1) is 22.1. The second kappa shape index (κ2) is 8.54.